The molecular weight excluding hydrogens is 240 g/mol. The molecule has 4 heteroatoms. The molecule has 2 aromatic carbocycles. The fourth-order valence-corrected chi connectivity index (χ4v) is 1.93. The Morgan fingerprint density at radius 2 is 2.00 bits per heavy atom. The van der Waals surface area contributed by atoms with E-state index in [1.165, 1.54) is 0 Å². The van der Waals surface area contributed by atoms with E-state index in [9.17, 15) is 5.11 Å². The third-order valence-electron chi connectivity index (χ3n) is 3.01. The number of rotatable bonds is 4. The van der Waals surface area contributed by atoms with Gasteiger partial charge in [-0.2, -0.15) is 0 Å². The molecule has 0 aliphatic heterocycles. The van der Waals surface area contributed by atoms with Crippen LogP contribution in [-0.4, -0.2) is 19.3 Å². The average Bonchev–Trinajstić information content (AvgIpc) is 2.43. The van der Waals surface area contributed by atoms with Gasteiger partial charge in [0, 0.05) is 36.6 Å². The first-order chi connectivity index (χ1) is 9.10. The SMILES string of the molecule is COc1cccc(N(C)Cc2cc(N)ccc2O)c1. The number of methoxy groups -OCH3 is 1. The van der Waals surface area contributed by atoms with E-state index in [1.54, 1.807) is 25.3 Å². The van der Waals surface area contributed by atoms with Crippen LogP contribution in [0.4, 0.5) is 11.4 Å². The Balaban J connectivity index is 2.20. The van der Waals surface area contributed by atoms with Crippen LogP contribution < -0.4 is 15.4 Å². The van der Waals surface area contributed by atoms with Gasteiger partial charge in [0.2, 0.25) is 0 Å². The minimum Gasteiger partial charge on any atom is -0.508 e. The summed E-state index contributed by atoms with van der Waals surface area (Å²) in [7, 11) is 3.60. The molecule has 0 saturated carbocycles. The van der Waals surface area contributed by atoms with Crippen LogP contribution >= 0.6 is 0 Å². The number of anilines is 2. The molecule has 0 aliphatic rings. The Bertz CT molecular complexity index is 570. The highest BCUT2D eigenvalue weighted by molar-refractivity contribution is 5.53. The van der Waals surface area contributed by atoms with E-state index in [1.807, 2.05) is 36.2 Å². The molecule has 0 aromatic heterocycles. The van der Waals surface area contributed by atoms with E-state index in [0.29, 0.717) is 12.2 Å². The van der Waals surface area contributed by atoms with Crippen LogP contribution in [0.25, 0.3) is 0 Å². The van der Waals surface area contributed by atoms with E-state index >= 15 is 0 Å². The van der Waals surface area contributed by atoms with Gasteiger partial charge in [0.15, 0.2) is 0 Å². The maximum absolute atomic E-state index is 9.82. The topological polar surface area (TPSA) is 58.7 Å². The fourth-order valence-electron chi connectivity index (χ4n) is 1.93. The van der Waals surface area contributed by atoms with Crippen molar-refractivity contribution in [3.63, 3.8) is 0 Å². The normalized spacial score (nSPS) is 10.2. The number of hydrogen-bond donors (Lipinski definition) is 2. The minimum absolute atomic E-state index is 0.254. The summed E-state index contributed by atoms with van der Waals surface area (Å²) in [6.07, 6.45) is 0. The maximum Gasteiger partial charge on any atom is 0.120 e. The summed E-state index contributed by atoms with van der Waals surface area (Å²) in [4.78, 5) is 2.02. The monoisotopic (exact) mass is 258 g/mol. The standard InChI is InChI=1S/C15H18N2O2/c1-17(13-4-3-5-14(9-13)19-2)10-11-8-12(16)6-7-15(11)18/h3-9,18H,10,16H2,1-2H3. The lowest BCUT2D eigenvalue weighted by molar-refractivity contribution is 0.415. The third kappa shape index (κ3) is 3.10. The summed E-state index contributed by atoms with van der Waals surface area (Å²) >= 11 is 0. The number of ether oxygens (including phenoxy) is 1. The van der Waals surface area contributed by atoms with Crippen molar-refractivity contribution in [2.24, 2.45) is 0 Å². The minimum atomic E-state index is 0.254. The van der Waals surface area contributed by atoms with E-state index in [2.05, 4.69) is 0 Å². The molecule has 0 amide bonds. The lowest BCUT2D eigenvalue weighted by Gasteiger charge is -2.20. The van der Waals surface area contributed by atoms with Crippen molar-refractivity contribution < 1.29 is 9.84 Å². The van der Waals surface area contributed by atoms with Crippen LogP contribution in [0.2, 0.25) is 0 Å². The molecule has 2 rings (SSSR count). The van der Waals surface area contributed by atoms with Gasteiger partial charge in [-0.25, -0.2) is 0 Å². The lowest BCUT2D eigenvalue weighted by atomic mass is 10.1. The zero-order chi connectivity index (χ0) is 13.8. The predicted octanol–water partition coefficient (Wildman–Crippen LogP) is 2.62. The van der Waals surface area contributed by atoms with Crippen molar-refractivity contribution >= 4 is 11.4 Å². The highest BCUT2D eigenvalue weighted by Gasteiger charge is 2.07. The Morgan fingerprint density at radius 1 is 1.21 bits per heavy atom. The van der Waals surface area contributed by atoms with Gasteiger partial charge in [-0.1, -0.05) is 6.07 Å². The Labute approximate surface area is 113 Å². The van der Waals surface area contributed by atoms with Crippen molar-refractivity contribution in [3.05, 3.63) is 48.0 Å². The summed E-state index contributed by atoms with van der Waals surface area (Å²) in [6.45, 7) is 0.573. The molecule has 0 atom stereocenters. The number of phenols is 1. The molecule has 0 aliphatic carbocycles. The number of nitrogen functional groups attached to an aromatic ring is 1. The molecule has 2 aromatic rings. The van der Waals surface area contributed by atoms with Crippen LogP contribution in [0, 0.1) is 0 Å². The van der Waals surface area contributed by atoms with Crippen LogP contribution in [-0.2, 0) is 6.54 Å². The highest BCUT2D eigenvalue weighted by atomic mass is 16.5. The molecular formula is C15H18N2O2. The van der Waals surface area contributed by atoms with Crippen molar-refractivity contribution in [1.29, 1.82) is 0 Å². The second kappa shape index (κ2) is 5.52. The zero-order valence-corrected chi connectivity index (χ0v) is 11.1. The first-order valence-corrected chi connectivity index (χ1v) is 6.02. The first-order valence-electron chi connectivity index (χ1n) is 6.02. The van der Waals surface area contributed by atoms with Gasteiger partial charge in [0.05, 0.1) is 7.11 Å². The number of nitrogens with zero attached hydrogens (tertiary/aromatic N) is 1. The van der Waals surface area contributed by atoms with Gasteiger partial charge in [-0.3, -0.25) is 0 Å². The van der Waals surface area contributed by atoms with E-state index in [0.717, 1.165) is 17.0 Å². The second-order valence-electron chi connectivity index (χ2n) is 4.45. The molecule has 0 radical (unpaired) electrons. The number of aromatic hydroxyl groups is 1. The molecule has 4 nitrogen and oxygen atoms in total. The molecule has 0 spiro atoms. The zero-order valence-electron chi connectivity index (χ0n) is 11.1. The quantitative estimate of drug-likeness (QED) is 0.654. The summed E-state index contributed by atoms with van der Waals surface area (Å²) < 4.78 is 5.20. The molecule has 3 N–H and O–H groups in total. The lowest BCUT2D eigenvalue weighted by Crippen LogP contribution is -2.16. The third-order valence-corrected chi connectivity index (χ3v) is 3.01. The van der Waals surface area contributed by atoms with E-state index < -0.39 is 0 Å². The van der Waals surface area contributed by atoms with Crippen LogP contribution in [0.1, 0.15) is 5.56 Å². The smallest absolute Gasteiger partial charge is 0.120 e. The molecule has 0 fully saturated rings. The largest absolute Gasteiger partial charge is 0.508 e. The molecule has 0 unspecified atom stereocenters. The van der Waals surface area contributed by atoms with Crippen molar-refractivity contribution in [2.45, 2.75) is 6.54 Å². The highest BCUT2D eigenvalue weighted by Crippen LogP contribution is 2.25. The number of hydrogen-bond acceptors (Lipinski definition) is 4. The van der Waals surface area contributed by atoms with Crippen LogP contribution in [0.5, 0.6) is 11.5 Å². The van der Waals surface area contributed by atoms with E-state index in [-0.39, 0.29) is 5.75 Å². The summed E-state index contributed by atoms with van der Waals surface area (Å²) in [5.74, 6) is 1.06. The maximum atomic E-state index is 9.82. The van der Waals surface area contributed by atoms with Gasteiger partial charge >= 0.3 is 0 Å². The fraction of sp³-hybridized carbons (Fsp3) is 0.200. The number of phenolic OH excluding ortho intramolecular Hbond substituents is 1. The average molecular weight is 258 g/mol. The van der Waals surface area contributed by atoms with Gasteiger partial charge in [-0.15, -0.1) is 0 Å². The Hall–Kier alpha value is -2.36. The van der Waals surface area contributed by atoms with Crippen LogP contribution in [0.3, 0.4) is 0 Å². The van der Waals surface area contributed by atoms with E-state index in [4.69, 9.17) is 10.5 Å². The van der Waals surface area contributed by atoms with Crippen molar-refractivity contribution in [2.75, 3.05) is 24.8 Å². The molecule has 19 heavy (non-hydrogen) atoms. The molecule has 100 valence electrons. The first kappa shape index (κ1) is 13.1. The Morgan fingerprint density at radius 3 is 2.74 bits per heavy atom. The molecule has 0 saturated heterocycles. The Kier molecular flexibility index (Phi) is 3.80. The number of benzene rings is 2. The molecule has 0 bridgehead atoms. The number of nitrogens with two attached hydrogens (primary N) is 1. The van der Waals surface area contributed by atoms with Crippen molar-refractivity contribution in [3.8, 4) is 11.5 Å². The van der Waals surface area contributed by atoms with Crippen molar-refractivity contribution in [1.82, 2.24) is 0 Å². The summed E-state index contributed by atoms with van der Waals surface area (Å²) in [5.41, 5.74) is 8.19. The van der Waals surface area contributed by atoms with Gasteiger partial charge in [0.1, 0.15) is 11.5 Å². The van der Waals surface area contributed by atoms with Gasteiger partial charge in [0.25, 0.3) is 0 Å². The molecule has 0 heterocycles. The predicted molar refractivity (Wildman–Crippen MR) is 77.6 cm³/mol. The summed E-state index contributed by atoms with van der Waals surface area (Å²) in [5, 5.41) is 9.82. The second-order valence-corrected chi connectivity index (χ2v) is 4.45. The van der Waals surface area contributed by atoms with Crippen LogP contribution in [0.15, 0.2) is 42.5 Å². The van der Waals surface area contributed by atoms with Gasteiger partial charge in [-0.05, 0) is 30.3 Å². The summed E-state index contributed by atoms with van der Waals surface area (Å²) in [6, 6.07) is 12.9. The van der Waals surface area contributed by atoms with Gasteiger partial charge < -0.3 is 20.5 Å².